The fourth-order valence-corrected chi connectivity index (χ4v) is 2.71. The Labute approximate surface area is 115 Å². The highest BCUT2D eigenvalue weighted by Crippen LogP contribution is 2.34. The van der Waals surface area contributed by atoms with E-state index in [0.29, 0.717) is 10.0 Å². The van der Waals surface area contributed by atoms with Gasteiger partial charge in [0.1, 0.15) is 0 Å². The lowest BCUT2D eigenvalue weighted by molar-refractivity contribution is 1.73. The highest BCUT2D eigenvalue weighted by Gasteiger charge is 2.09. The second-order valence-electron chi connectivity index (χ2n) is 4.07. The van der Waals surface area contributed by atoms with Crippen LogP contribution in [0.3, 0.4) is 0 Å². The van der Waals surface area contributed by atoms with Gasteiger partial charge in [-0.15, -0.1) is 6.42 Å². The van der Waals surface area contributed by atoms with Gasteiger partial charge in [0, 0.05) is 26.4 Å². The molecule has 0 amide bonds. The van der Waals surface area contributed by atoms with Crippen LogP contribution in [0.25, 0.3) is 21.5 Å². The molecule has 0 saturated heterocycles. The van der Waals surface area contributed by atoms with Crippen molar-refractivity contribution in [2.45, 2.75) is 0 Å². The summed E-state index contributed by atoms with van der Waals surface area (Å²) in [5.74, 6) is 2.75. The van der Waals surface area contributed by atoms with E-state index >= 15 is 0 Å². The number of fused-ring (bicyclic) bond motifs is 2. The van der Waals surface area contributed by atoms with Crippen molar-refractivity contribution in [3.8, 4) is 12.3 Å². The van der Waals surface area contributed by atoms with Crippen molar-refractivity contribution in [3.63, 3.8) is 0 Å². The highest BCUT2D eigenvalue weighted by atomic mass is 35.5. The van der Waals surface area contributed by atoms with E-state index in [2.05, 4.69) is 5.92 Å². The van der Waals surface area contributed by atoms with Gasteiger partial charge in [-0.2, -0.15) is 0 Å². The average Bonchev–Trinajstić information content (AvgIpc) is 2.38. The minimum Gasteiger partial charge on any atom is -0.115 e. The van der Waals surface area contributed by atoms with Gasteiger partial charge < -0.3 is 0 Å². The van der Waals surface area contributed by atoms with Gasteiger partial charge in [0.2, 0.25) is 0 Å². The summed E-state index contributed by atoms with van der Waals surface area (Å²) in [4.78, 5) is 0. The molecule has 18 heavy (non-hydrogen) atoms. The lowest BCUT2D eigenvalue weighted by Crippen LogP contribution is -1.85. The van der Waals surface area contributed by atoms with E-state index in [9.17, 15) is 0 Å². The molecule has 0 atom stereocenters. The number of rotatable bonds is 0. The molecule has 2 heteroatoms. The predicted octanol–water partition coefficient (Wildman–Crippen LogP) is 5.28. The van der Waals surface area contributed by atoms with Crippen LogP contribution in [0, 0.1) is 12.3 Å². The Balaban J connectivity index is 2.67. The van der Waals surface area contributed by atoms with Crippen LogP contribution in [-0.2, 0) is 0 Å². The van der Waals surface area contributed by atoms with Gasteiger partial charge in [-0.1, -0.05) is 53.4 Å². The van der Waals surface area contributed by atoms with Crippen molar-refractivity contribution in [3.05, 3.63) is 58.1 Å². The summed E-state index contributed by atoms with van der Waals surface area (Å²) >= 11 is 12.5. The van der Waals surface area contributed by atoms with Gasteiger partial charge in [-0.25, -0.2) is 0 Å². The topological polar surface area (TPSA) is 0 Å². The van der Waals surface area contributed by atoms with E-state index in [0.717, 1.165) is 27.1 Å². The van der Waals surface area contributed by atoms with Crippen LogP contribution < -0.4 is 0 Å². The molecule has 0 unspecified atom stereocenters. The zero-order valence-corrected chi connectivity index (χ0v) is 10.9. The van der Waals surface area contributed by atoms with E-state index in [1.807, 2.05) is 42.5 Å². The average molecular weight is 271 g/mol. The Hall–Kier alpha value is -1.68. The van der Waals surface area contributed by atoms with E-state index in [1.54, 1.807) is 0 Å². The third-order valence-electron chi connectivity index (χ3n) is 3.08. The molecule has 0 spiro atoms. The van der Waals surface area contributed by atoms with Crippen LogP contribution in [0.1, 0.15) is 5.56 Å². The van der Waals surface area contributed by atoms with Crippen molar-refractivity contribution >= 4 is 44.7 Å². The monoisotopic (exact) mass is 270 g/mol. The van der Waals surface area contributed by atoms with Crippen molar-refractivity contribution < 1.29 is 0 Å². The van der Waals surface area contributed by atoms with Crippen LogP contribution in [-0.4, -0.2) is 0 Å². The summed E-state index contributed by atoms with van der Waals surface area (Å²) in [6, 6.07) is 13.5. The molecule has 0 aliphatic heterocycles. The summed E-state index contributed by atoms with van der Waals surface area (Å²) in [6.07, 6.45) is 5.65. The Morgan fingerprint density at radius 1 is 0.778 bits per heavy atom. The van der Waals surface area contributed by atoms with Crippen LogP contribution in [0.15, 0.2) is 42.5 Å². The van der Waals surface area contributed by atoms with Crippen LogP contribution in [0.5, 0.6) is 0 Å². The number of halogens is 2. The highest BCUT2D eigenvalue weighted by molar-refractivity contribution is 6.38. The molecule has 0 aliphatic rings. The summed E-state index contributed by atoms with van der Waals surface area (Å²) in [7, 11) is 0. The van der Waals surface area contributed by atoms with Gasteiger partial charge in [0.05, 0.1) is 0 Å². The SMILES string of the molecule is C#Cc1c2cccc(Cl)c2cc2c(Cl)cccc12. The Morgan fingerprint density at radius 2 is 1.28 bits per heavy atom. The third kappa shape index (κ3) is 1.56. The fourth-order valence-electron chi connectivity index (χ4n) is 2.25. The van der Waals surface area contributed by atoms with Crippen LogP contribution >= 0.6 is 23.2 Å². The van der Waals surface area contributed by atoms with E-state index in [-0.39, 0.29) is 0 Å². The molecule has 0 heterocycles. The molecule has 3 aromatic rings. The first-order valence-corrected chi connectivity index (χ1v) is 6.24. The molecular formula is C16H8Cl2. The summed E-state index contributed by atoms with van der Waals surface area (Å²) in [5, 5.41) is 5.22. The molecule has 0 radical (unpaired) electrons. The van der Waals surface area contributed by atoms with Crippen molar-refractivity contribution in [1.29, 1.82) is 0 Å². The Bertz CT molecular complexity index is 751. The third-order valence-corrected chi connectivity index (χ3v) is 3.74. The maximum atomic E-state index is 6.23. The number of hydrogen-bond acceptors (Lipinski definition) is 0. The van der Waals surface area contributed by atoms with Gasteiger partial charge in [-0.3, -0.25) is 0 Å². The lowest BCUT2D eigenvalue weighted by Gasteiger charge is -2.09. The standard InChI is InChI=1S/C16H8Cl2/c1-2-10-11-5-3-7-15(17)13(11)9-14-12(10)6-4-8-16(14)18/h1,3-9H. The van der Waals surface area contributed by atoms with Gasteiger partial charge in [0.25, 0.3) is 0 Å². The minimum atomic E-state index is 0.686. The van der Waals surface area contributed by atoms with Crippen molar-refractivity contribution in [2.75, 3.05) is 0 Å². The summed E-state index contributed by atoms with van der Waals surface area (Å²) in [6.45, 7) is 0. The normalized spacial score (nSPS) is 10.7. The maximum absolute atomic E-state index is 6.23. The molecule has 0 bridgehead atoms. The molecule has 0 aromatic heterocycles. The van der Waals surface area contributed by atoms with E-state index in [4.69, 9.17) is 29.6 Å². The van der Waals surface area contributed by atoms with Crippen molar-refractivity contribution in [1.82, 2.24) is 0 Å². The fraction of sp³-hybridized carbons (Fsp3) is 0. The first kappa shape index (κ1) is 11.4. The van der Waals surface area contributed by atoms with Gasteiger partial charge >= 0.3 is 0 Å². The molecule has 0 N–H and O–H groups in total. The van der Waals surface area contributed by atoms with E-state index in [1.165, 1.54) is 0 Å². The molecule has 0 saturated carbocycles. The first-order chi connectivity index (χ1) is 8.72. The zero-order valence-electron chi connectivity index (χ0n) is 9.37. The number of benzene rings is 3. The summed E-state index contributed by atoms with van der Waals surface area (Å²) < 4.78 is 0. The number of hydrogen-bond donors (Lipinski definition) is 0. The zero-order chi connectivity index (χ0) is 12.7. The maximum Gasteiger partial charge on any atom is 0.0485 e. The Kier molecular flexibility index (Phi) is 2.67. The number of terminal acetylenes is 1. The molecule has 0 fully saturated rings. The van der Waals surface area contributed by atoms with Crippen LogP contribution in [0.4, 0.5) is 0 Å². The molecule has 0 nitrogen and oxygen atoms in total. The van der Waals surface area contributed by atoms with Gasteiger partial charge in [0.15, 0.2) is 0 Å². The molecular weight excluding hydrogens is 263 g/mol. The summed E-state index contributed by atoms with van der Waals surface area (Å²) in [5.41, 5.74) is 0.840. The second kappa shape index (κ2) is 4.21. The molecule has 3 aromatic carbocycles. The lowest BCUT2D eigenvalue weighted by atomic mass is 9.97. The predicted molar refractivity (Wildman–Crippen MR) is 79.4 cm³/mol. The molecule has 0 aliphatic carbocycles. The van der Waals surface area contributed by atoms with Crippen LogP contribution in [0.2, 0.25) is 10.0 Å². The first-order valence-electron chi connectivity index (χ1n) is 5.48. The largest absolute Gasteiger partial charge is 0.115 e. The minimum absolute atomic E-state index is 0.686. The van der Waals surface area contributed by atoms with Gasteiger partial charge in [-0.05, 0) is 29.0 Å². The smallest absolute Gasteiger partial charge is 0.0485 e. The Morgan fingerprint density at radius 3 is 1.72 bits per heavy atom. The van der Waals surface area contributed by atoms with Crippen molar-refractivity contribution in [2.24, 2.45) is 0 Å². The molecule has 86 valence electrons. The quantitative estimate of drug-likeness (QED) is 0.385. The second-order valence-corrected chi connectivity index (χ2v) is 4.88. The molecule has 3 rings (SSSR count). The van der Waals surface area contributed by atoms with E-state index < -0.39 is 0 Å².